The zero-order chi connectivity index (χ0) is 15.1. The summed E-state index contributed by atoms with van der Waals surface area (Å²) in [6, 6.07) is 0. The Labute approximate surface area is 118 Å². The summed E-state index contributed by atoms with van der Waals surface area (Å²) in [4.78, 5) is 27.7. The zero-order valence-corrected chi connectivity index (χ0v) is 11.4. The average Bonchev–Trinajstić information content (AvgIpc) is 2.98. The molecule has 0 atom stereocenters. The van der Waals surface area contributed by atoms with E-state index in [-0.39, 0.29) is 17.7 Å². The number of carbonyl (C=O) groups is 1. The van der Waals surface area contributed by atoms with Crippen molar-refractivity contribution in [2.24, 2.45) is 14.1 Å². The van der Waals surface area contributed by atoms with E-state index in [2.05, 4.69) is 15.2 Å². The SMILES string of the molecule is Cn1ncc(C(=O)O)c1Cn1cnc2c(cnn2C)c1=O. The first-order chi connectivity index (χ1) is 9.99. The van der Waals surface area contributed by atoms with Gasteiger partial charge in [-0.1, -0.05) is 0 Å². The Hall–Kier alpha value is -2.97. The maximum Gasteiger partial charge on any atom is 0.339 e. The molecular weight excluding hydrogens is 276 g/mol. The number of rotatable bonds is 3. The molecule has 0 fully saturated rings. The van der Waals surface area contributed by atoms with Crippen LogP contribution in [0.15, 0.2) is 23.5 Å². The lowest BCUT2D eigenvalue weighted by Crippen LogP contribution is -2.23. The van der Waals surface area contributed by atoms with Crippen molar-refractivity contribution in [1.82, 2.24) is 29.1 Å². The topological polar surface area (TPSA) is 108 Å². The summed E-state index contributed by atoms with van der Waals surface area (Å²) in [6.45, 7) is 0.0782. The molecule has 3 aromatic heterocycles. The van der Waals surface area contributed by atoms with Crippen LogP contribution in [0.25, 0.3) is 11.0 Å². The molecule has 3 heterocycles. The first-order valence-corrected chi connectivity index (χ1v) is 6.10. The first-order valence-electron chi connectivity index (χ1n) is 6.10. The van der Waals surface area contributed by atoms with Crippen LogP contribution in [-0.4, -0.2) is 40.2 Å². The van der Waals surface area contributed by atoms with E-state index in [4.69, 9.17) is 5.11 Å². The average molecular weight is 288 g/mol. The molecule has 0 radical (unpaired) electrons. The molecule has 0 saturated carbocycles. The van der Waals surface area contributed by atoms with Crippen molar-refractivity contribution in [3.63, 3.8) is 0 Å². The highest BCUT2D eigenvalue weighted by molar-refractivity contribution is 5.88. The van der Waals surface area contributed by atoms with Crippen LogP contribution >= 0.6 is 0 Å². The fourth-order valence-electron chi connectivity index (χ4n) is 2.17. The summed E-state index contributed by atoms with van der Waals surface area (Å²) in [5.41, 5.74) is 0.704. The van der Waals surface area contributed by atoms with E-state index in [9.17, 15) is 9.59 Å². The van der Waals surface area contributed by atoms with E-state index in [0.29, 0.717) is 16.7 Å². The van der Waals surface area contributed by atoms with Crippen LogP contribution < -0.4 is 5.56 Å². The van der Waals surface area contributed by atoms with Gasteiger partial charge in [0.2, 0.25) is 0 Å². The molecule has 0 aromatic carbocycles. The highest BCUT2D eigenvalue weighted by Crippen LogP contribution is 2.10. The molecular formula is C12H12N6O3. The van der Waals surface area contributed by atoms with Gasteiger partial charge in [-0.25, -0.2) is 9.78 Å². The third-order valence-electron chi connectivity index (χ3n) is 3.33. The zero-order valence-electron chi connectivity index (χ0n) is 11.4. The summed E-state index contributed by atoms with van der Waals surface area (Å²) in [5.74, 6) is -1.08. The molecule has 21 heavy (non-hydrogen) atoms. The van der Waals surface area contributed by atoms with E-state index in [1.165, 1.54) is 32.7 Å². The molecule has 0 aliphatic heterocycles. The highest BCUT2D eigenvalue weighted by atomic mass is 16.4. The van der Waals surface area contributed by atoms with Crippen molar-refractivity contribution in [2.75, 3.05) is 0 Å². The lowest BCUT2D eigenvalue weighted by atomic mass is 10.2. The van der Waals surface area contributed by atoms with E-state index < -0.39 is 5.97 Å². The monoisotopic (exact) mass is 288 g/mol. The van der Waals surface area contributed by atoms with Gasteiger partial charge in [-0.2, -0.15) is 10.2 Å². The predicted molar refractivity (Wildman–Crippen MR) is 72.0 cm³/mol. The Balaban J connectivity index is 2.11. The number of carboxylic acids is 1. The molecule has 3 rings (SSSR count). The van der Waals surface area contributed by atoms with Crippen molar-refractivity contribution in [3.8, 4) is 0 Å². The smallest absolute Gasteiger partial charge is 0.339 e. The summed E-state index contributed by atoms with van der Waals surface area (Å²) in [7, 11) is 3.33. The molecule has 0 bridgehead atoms. The molecule has 0 spiro atoms. The summed E-state index contributed by atoms with van der Waals surface area (Å²) >= 11 is 0. The molecule has 0 unspecified atom stereocenters. The number of nitrogens with zero attached hydrogens (tertiary/aromatic N) is 6. The second-order valence-electron chi connectivity index (χ2n) is 4.62. The predicted octanol–water partition coefficient (Wildman–Crippen LogP) is -0.390. The minimum atomic E-state index is -1.08. The molecule has 1 N–H and O–H groups in total. The second-order valence-corrected chi connectivity index (χ2v) is 4.62. The Morgan fingerprint density at radius 3 is 2.67 bits per heavy atom. The van der Waals surface area contributed by atoms with Gasteiger partial charge in [-0.3, -0.25) is 18.7 Å². The standard InChI is InChI=1S/C12H12N6O3/c1-16-9(7(3-14-16)12(20)21)5-18-6-13-10-8(11(18)19)4-15-17(10)2/h3-4,6H,5H2,1-2H3,(H,20,21). The van der Waals surface area contributed by atoms with Crippen molar-refractivity contribution >= 4 is 17.0 Å². The minimum Gasteiger partial charge on any atom is -0.478 e. The van der Waals surface area contributed by atoms with Crippen LogP contribution in [0.2, 0.25) is 0 Å². The molecule has 108 valence electrons. The number of aromatic nitrogens is 6. The van der Waals surface area contributed by atoms with Gasteiger partial charge in [-0.05, 0) is 0 Å². The van der Waals surface area contributed by atoms with Crippen LogP contribution in [0.4, 0.5) is 0 Å². The van der Waals surface area contributed by atoms with Gasteiger partial charge in [0.05, 0.1) is 24.6 Å². The van der Waals surface area contributed by atoms with E-state index in [1.54, 1.807) is 14.1 Å². The fraction of sp³-hybridized carbons (Fsp3) is 0.250. The number of aromatic carboxylic acids is 1. The van der Waals surface area contributed by atoms with Gasteiger partial charge in [-0.15, -0.1) is 0 Å². The molecule has 3 aromatic rings. The van der Waals surface area contributed by atoms with Gasteiger partial charge in [0.1, 0.15) is 17.3 Å². The number of fused-ring (bicyclic) bond motifs is 1. The van der Waals surface area contributed by atoms with Crippen molar-refractivity contribution < 1.29 is 9.90 Å². The molecule has 0 saturated heterocycles. The van der Waals surface area contributed by atoms with Crippen LogP contribution in [-0.2, 0) is 20.6 Å². The molecule has 0 aliphatic carbocycles. The third-order valence-corrected chi connectivity index (χ3v) is 3.33. The molecule has 9 nitrogen and oxygen atoms in total. The summed E-state index contributed by atoms with van der Waals surface area (Å²) in [5, 5.41) is 17.4. The van der Waals surface area contributed by atoms with Gasteiger partial charge in [0.15, 0.2) is 5.65 Å². The van der Waals surface area contributed by atoms with E-state index in [1.807, 2.05) is 0 Å². The third kappa shape index (κ3) is 1.98. The Morgan fingerprint density at radius 2 is 1.95 bits per heavy atom. The lowest BCUT2D eigenvalue weighted by molar-refractivity contribution is 0.0695. The van der Waals surface area contributed by atoms with Crippen molar-refractivity contribution in [3.05, 3.63) is 40.3 Å². The maximum absolute atomic E-state index is 12.4. The van der Waals surface area contributed by atoms with Crippen molar-refractivity contribution in [1.29, 1.82) is 0 Å². The van der Waals surface area contributed by atoms with Crippen LogP contribution in [0.3, 0.4) is 0 Å². The van der Waals surface area contributed by atoms with Gasteiger partial charge in [0.25, 0.3) is 5.56 Å². The summed E-state index contributed by atoms with van der Waals surface area (Å²) in [6.07, 6.45) is 4.09. The Kier molecular flexibility index (Phi) is 2.82. The number of hydrogen-bond acceptors (Lipinski definition) is 5. The van der Waals surface area contributed by atoms with Gasteiger partial charge >= 0.3 is 5.97 Å². The summed E-state index contributed by atoms with van der Waals surface area (Å²) < 4.78 is 4.28. The first kappa shape index (κ1) is 13.0. The van der Waals surface area contributed by atoms with Crippen LogP contribution in [0.1, 0.15) is 16.1 Å². The normalized spacial score (nSPS) is 11.1. The van der Waals surface area contributed by atoms with Gasteiger partial charge < -0.3 is 5.11 Å². The highest BCUT2D eigenvalue weighted by Gasteiger charge is 2.17. The number of aryl methyl sites for hydroxylation is 2. The van der Waals surface area contributed by atoms with Crippen molar-refractivity contribution in [2.45, 2.75) is 6.54 Å². The maximum atomic E-state index is 12.4. The Morgan fingerprint density at radius 1 is 1.24 bits per heavy atom. The van der Waals surface area contributed by atoms with E-state index >= 15 is 0 Å². The largest absolute Gasteiger partial charge is 0.478 e. The molecule has 0 aliphatic rings. The van der Waals surface area contributed by atoms with Crippen LogP contribution in [0.5, 0.6) is 0 Å². The Bertz CT molecular complexity index is 903. The van der Waals surface area contributed by atoms with E-state index in [0.717, 1.165) is 0 Å². The quantitative estimate of drug-likeness (QED) is 0.703. The second kappa shape index (κ2) is 4.54. The molecule has 0 amide bonds. The lowest BCUT2D eigenvalue weighted by Gasteiger charge is -2.07. The van der Waals surface area contributed by atoms with Crippen LogP contribution in [0, 0.1) is 0 Å². The van der Waals surface area contributed by atoms with Gasteiger partial charge in [0, 0.05) is 14.1 Å². The minimum absolute atomic E-state index is 0.0654. The molecule has 9 heteroatoms. The number of hydrogen-bond donors (Lipinski definition) is 1. The number of carboxylic acid groups (broad SMARTS) is 1. The fourth-order valence-corrected chi connectivity index (χ4v) is 2.17.